The zero-order valence-corrected chi connectivity index (χ0v) is 18.8. The fraction of sp³-hybridized carbons (Fsp3) is 0.409. The quantitative estimate of drug-likeness (QED) is 0.520. The number of aromatic nitrogens is 4. The summed E-state index contributed by atoms with van der Waals surface area (Å²) in [5, 5.41) is 7.52. The molecule has 0 atom stereocenters. The van der Waals surface area contributed by atoms with Crippen molar-refractivity contribution >= 4 is 11.8 Å². The van der Waals surface area contributed by atoms with E-state index in [4.69, 9.17) is 14.2 Å². The first-order chi connectivity index (χ1) is 16.0. The molecule has 11 heteroatoms. The minimum atomic E-state index is -0.852. The van der Waals surface area contributed by atoms with Crippen LogP contribution in [0.15, 0.2) is 24.5 Å². The minimum absolute atomic E-state index is 0.137. The topological polar surface area (TPSA) is 86.6 Å². The van der Waals surface area contributed by atoms with Gasteiger partial charge in [0.15, 0.2) is 34.7 Å². The van der Waals surface area contributed by atoms with Gasteiger partial charge in [-0.2, -0.15) is 5.10 Å². The first-order valence-electron chi connectivity index (χ1n) is 10.5. The van der Waals surface area contributed by atoms with E-state index >= 15 is 0 Å². The van der Waals surface area contributed by atoms with Crippen LogP contribution in [0.4, 0.5) is 20.5 Å². The van der Waals surface area contributed by atoms with Crippen molar-refractivity contribution in [3.8, 4) is 17.2 Å². The van der Waals surface area contributed by atoms with Crippen LogP contribution in [-0.4, -0.2) is 52.0 Å². The van der Waals surface area contributed by atoms with E-state index in [0.29, 0.717) is 11.8 Å². The van der Waals surface area contributed by atoms with Gasteiger partial charge in [0.25, 0.3) is 0 Å². The number of hydrogen-bond acceptors (Lipinski definition) is 8. The normalized spacial score (nSPS) is 13.8. The maximum absolute atomic E-state index is 14.5. The fourth-order valence-corrected chi connectivity index (χ4v) is 3.67. The number of rotatable bonds is 9. The van der Waals surface area contributed by atoms with E-state index in [0.717, 1.165) is 31.4 Å². The van der Waals surface area contributed by atoms with Crippen molar-refractivity contribution in [2.45, 2.75) is 26.0 Å². The van der Waals surface area contributed by atoms with Crippen molar-refractivity contribution in [1.82, 2.24) is 24.6 Å². The van der Waals surface area contributed by atoms with Crippen LogP contribution in [0.25, 0.3) is 0 Å². The number of methoxy groups -OCH3 is 2. The van der Waals surface area contributed by atoms with Crippen molar-refractivity contribution in [3.63, 3.8) is 0 Å². The molecule has 0 spiro atoms. The summed E-state index contributed by atoms with van der Waals surface area (Å²) in [6.07, 6.45) is 5.29. The molecule has 9 nitrogen and oxygen atoms in total. The lowest BCUT2D eigenvalue weighted by molar-refractivity contribution is 0.280. The van der Waals surface area contributed by atoms with Crippen LogP contribution >= 0.6 is 0 Å². The van der Waals surface area contributed by atoms with Crippen LogP contribution in [-0.2, 0) is 20.2 Å². The summed E-state index contributed by atoms with van der Waals surface area (Å²) in [4.78, 5) is 10.8. The van der Waals surface area contributed by atoms with E-state index in [1.165, 1.54) is 39.5 Å². The second-order valence-corrected chi connectivity index (χ2v) is 7.67. The highest BCUT2D eigenvalue weighted by atomic mass is 19.1. The van der Waals surface area contributed by atoms with Crippen LogP contribution in [0.2, 0.25) is 0 Å². The fourth-order valence-electron chi connectivity index (χ4n) is 3.67. The summed E-state index contributed by atoms with van der Waals surface area (Å²) in [6, 6.07) is 3.11. The zero-order chi connectivity index (χ0) is 23.4. The summed E-state index contributed by atoms with van der Waals surface area (Å²) < 4.78 is 46.1. The maximum atomic E-state index is 14.5. The van der Waals surface area contributed by atoms with Crippen molar-refractivity contribution in [3.05, 3.63) is 47.4 Å². The average molecular weight is 460 g/mol. The van der Waals surface area contributed by atoms with Gasteiger partial charge in [-0.25, -0.2) is 18.7 Å². The number of halogens is 2. The number of hydrogen-bond donors (Lipinski definition) is 1. The van der Waals surface area contributed by atoms with Gasteiger partial charge in [-0.3, -0.25) is 9.58 Å². The Hall–Kier alpha value is -3.47. The molecule has 0 radical (unpaired) electrons. The number of nitrogens with one attached hydrogen (secondary N) is 1. The van der Waals surface area contributed by atoms with Gasteiger partial charge in [0.1, 0.15) is 6.61 Å². The molecule has 0 unspecified atom stereocenters. The maximum Gasteiger partial charge on any atom is 0.228 e. The van der Waals surface area contributed by atoms with E-state index in [-0.39, 0.29) is 29.4 Å². The predicted octanol–water partition coefficient (Wildman–Crippen LogP) is 3.42. The lowest BCUT2D eigenvalue weighted by Gasteiger charge is -2.13. The van der Waals surface area contributed by atoms with E-state index in [2.05, 4.69) is 25.3 Å². The lowest BCUT2D eigenvalue weighted by Crippen LogP contribution is -2.20. The summed E-state index contributed by atoms with van der Waals surface area (Å²) in [7, 11) is 4.48. The molecule has 4 rings (SSSR count). The summed E-state index contributed by atoms with van der Waals surface area (Å²) in [6.45, 7) is 2.67. The largest absolute Gasteiger partial charge is 0.494 e. The van der Waals surface area contributed by atoms with E-state index < -0.39 is 11.6 Å². The molecule has 1 aromatic carbocycles. The van der Waals surface area contributed by atoms with E-state index in [1.807, 2.05) is 17.8 Å². The Morgan fingerprint density at radius 2 is 1.64 bits per heavy atom. The van der Waals surface area contributed by atoms with Crippen molar-refractivity contribution < 1.29 is 23.0 Å². The second-order valence-electron chi connectivity index (χ2n) is 7.67. The summed E-state index contributed by atoms with van der Waals surface area (Å²) in [5.74, 6) is -0.771. The van der Waals surface area contributed by atoms with Crippen LogP contribution in [0.3, 0.4) is 0 Å². The number of likely N-dealkylation sites (tertiary alicyclic amines) is 1. The highest BCUT2D eigenvalue weighted by Crippen LogP contribution is 2.32. The molecule has 33 heavy (non-hydrogen) atoms. The van der Waals surface area contributed by atoms with Crippen molar-refractivity contribution in [2.75, 3.05) is 32.6 Å². The average Bonchev–Trinajstić information content (AvgIpc) is 3.45. The first kappa shape index (κ1) is 22.7. The van der Waals surface area contributed by atoms with Crippen LogP contribution in [0, 0.1) is 11.6 Å². The Morgan fingerprint density at radius 1 is 1.00 bits per heavy atom. The molecule has 0 amide bonds. The molecule has 1 N–H and O–H groups in total. The molecule has 2 aromatic heterocycles. The molecule has 0 aliphatic carbocycles. The smallest absolute Gasteiger partial charge is 0.228 e. The van der Waals surface area contributed by atoms with Crippen molar-refractivity contribution in [1.29, 1.82) is 0 Å². The van der Waals surface area contributed by atoms with Crippen molar-refractivity contribution in [2.24, 2.45) is 7.05 Å². The Bertz CT molecular complexity index is 1070. The van der Waals surface area contributed by atoms with Crippen LogP contribution in [0.1, 0.15) is 24.1 Å². The first-order valence-corrected chi connectivity index (χ1v) is 10.5. The number of aryl methyl sites for hydroxylation is 1. The summed E-state index contributed by atoms with van der Waals surface area (Å²) >= 11 is 0. The Kier molecular flexibility index (Phi) is 6.87. The SMILES string of the molecule is COc1cc(OC)c(F)c(COc2cnc(Nc3cc(CN4CCCC4)n(C)n3)nc2)c1F. The predicted molar refractivity (Wildman–Crippen MR) is 117 cm³/mol. The monoisotopic (exact) mass is 460 g/mol. The number of ether oxygens (including phenoxy) is 3. The second kappa shape index (κ2) is 9.99. The third-order valence-electron chi connectivity index (χ3n) is 5.48. The highest BCUT2D eigenvalue weighted by Gasteiger charge is 2.21. The van der Waals surface area contributed by atoms with Gasteiger partial charge in [0.2, 0.25) is 5.95 Å². The molecule has 1 fully saturated rings. The minimum Gasteiger partial charge on any atom is -0.494 e. The third kappa shape index (κ3) is 5.14. The Morgan fingerprint density at radius 3 is 2.24 bits per heavy atom. The van der Waals surface area contributed by atoms with Gasteiger partial charge in [-0.05, 0) is 25.9 Å². The van der Waals surface area contributed by atoms with E-state index in [9.17, 15) is 8.78 Å². The molecule has 3 heterocycles. The molecule has 1 saturated heterocycles. The molecular formula is C22H26F2N6O3. The number of anilines is 2. The van der Waals surface area contributed by atoms with Gasteiger partial charge < -0.3 is 19.5 Å². The summed E-state index contributed by atoms with van der Waals surface area (Å²) in [5.41, 5.74) is 0.782. The van der Waals surface area contributed by atoms with Gasteiger partial charge in [0, 0.05) is 25.7 Å². The third-order valence-corrected chi connectivity index (χ3v) is 5.48. The molecular weight excluding hydrogens is 434 g/mol. The lowest BCUT2D eigenvalue weighted by atomic mass is 10.1. The highest BCUT2D eigenvalue weighted by molar-refractivity contribution is 5.48. The molecule has 1 aliphatic heterocycles. The molecule has 1 aliphatic rings. The Labute approximate surface area is 190 Å². The molecule has 176 valence electrons. The molecule has 0 bridgehead atoms. The molecule has 0 saturated carbocycles. The van der Waals surface area contributed by atoms with Gasteiger partial charge in [-0.15, -0.1) is 0 Å². The number of nitrogens with zero attached hydrogens (tertiary/aromatic N) is 5. The Balaban J connectivity index is 1.39. The van der Waals surface area contributed by atoms with Crippen LogP contribution < -0.4 is 19.5 Å². The van der Waals surface area contributed by atoms with Gasteiger partial charge in [0.05, 0.1) is 37.9 Å². The standard InChI is InChI=1S/C22H26F2N6O3/c1-29-14(12-30-6-4-5-7-30)8-19(28-29)27-22-25-10-15(11-26-22)33-13-16-20(23)17(31-2)9-18(32-3)21(16)24/h8-11H,4-7,12-13H2,1-3H3,(H,25,26,27,28). The van der Waals surface area contributed by atoms with Gasteiger partial charge >= 0.3 is 0 Å². The zero-order valence-electron chi connectivity index (χ0n) is 18.8. The van der Waals surface area contributed by atoms with Gasteiger partial charge in [-0.1, -0.05) is 0 Å². The van der Waals surface area contributed by atoms with Crippen LogP contribution in [0.5, 0.6) is 17.2 Å². The van der Waals surface area contributed by atoms with E-state index in [1.54, 1.807) is 0 Å². The number of benzene rings is 1. The molecule has 3 aromatic rings.